The van der Waals surface area contributed by atoms with Gasteiger partial charge in [0, 0.05) is 19.2 Å². The molecule has 0 aliphatic carbocycles. The zero-order valence-electron chi connectivity index (χ0n) is 11.0. The number of rotatable bonds is 5. The van der Waals surface area contributed by atoms with Gasteiger partial charge in [-0.15, -0.1) is 0 Å². The monoisotopic (exact) mass is 232 g/mol. The van der Waals surface area contributed by atoms with Crippen molar-refractivity contribution in [1.82, 2.24) is 0 Å². The Labute approximate surface area is 104 Å². The van der Waals surface area contributed by atoms with Gasteiger partial charge in [-0.3, -0.25) is 0 Å². The second kappa shape index (κ2) is 6.15. The summed E-state index contributed by atoms with van der Waals surface area (Å²) in [4.78, 5) is 2.21. The number of hydrogen-bond donors (Lipinski definition) is 0. The highest BCUT2D eigenvalue weighted by atomic mass is 16.5. The van der Waals surface area contributed by atoms with Gasteiger partial charge in [-0.2, -0.15) is 5.26 Å². The van der Waals surface area contributed by atoms with E-state index in [4.69, 9.17) is 10.00 Å². The summed E-state index contributed by atoms with van der Waals surface area (Å²) < 4.78 is 5.22. The lowest BCUT2D eigenvalue weighted by atomic mass is 10.1. The van der Waals surface area contributed by atoms with Crippen LogP contribution in [0.4, 0.5) is 5.69 Å². The third-order valence-corrected chi connectivity index (χ3v) is 2.63. The molecule has 0 saturated heterocycles. The summed E-state index contributed by atoms with van der Waals surface area (Å²) in [6.45, 7) is 8.28. The van der Waals surface area contributed by atoms with E-state index < -0.39 is 0 Å². The van der Waals surface area contributed by atoms with Crippen molar-refractivity contribution in [3.8, 4) is 11.8 Å². The molecule has 1 aromatic rings. The number of ether oxygens (including phenoxy) is 1. The van der Waals surface area contributed by atoms with E-state index in [1.54, 1.807) is 7.11 Å². The van der Waals surface area contributed by atoms with Gasteiger partial charge in [-0.1, -0.05) is 13.8 Å². The number of methoxy groups -OCH3 is 1. The number of nitrogens with zero attached hydrogens (tertiary/aromatic N) is 2. The van der Waals surface area contributed by atoms with Crippen LogP contribution in [0.2, 0.25) is 0 Å². The molecule has 1 rings (SSSR count). The standard InChI is InChI=1S/C14H20N2O/c1-5-16(10-11(2)3)14-8-13(17-4)7-6-12(14)9-15/h6-8,11H,5,10H2,1-4H3. The van der Waals surface area contributed by atoms with Crippen LogP contribution in [0.5, 0.6) is 5.75 Å². The molecule has 0 atom stereocenters. The van der Waals surface area contributed by atoms with E-state index in [1.807, 2.05) is 18.2 Å². The molecule has 0 aromatic heterocycles. The molecule has 0 aliphatic rings. The van der Waals surface area contributed by atoms with Crippen molar-refractivity contribution in [3.63, 3.8) is 0 Å². The van der Waals surface area contributed by atoms with Gasteiger partial charge in [-0.05, 0) is 25.0 Å². The van der Waals surface area contributed by atoms with Crippen LogP contribution >= 0.6 is 0 Å². The zero-order chi connectivity index (χ0) is 12.8. The van der Waals surface area contributed by atoms with Crippen molar-refractivity contribution in [2.24, 2.45) is 5.92 Å². The molecule has 0 spiro atoms. The fourth-order valence-electron chi connectivity index (χ4n) is 1.83. The summed E-state index contributed by atoms with van der Waals surface area (Å²) in [7, 11) is 1.64. The molecule has 1 aromatic carbocycles. The van der Waals surface area contributed by atoms with E-state index in [9.17, 15) is 0 Å². The predicted molar refractivity (Wildman–Crippen MR) is 70.4 cm³/mol. The van der Waals surface area contributed by atoms with Gasteiger partial charge in [0.15, 0.2) is 0 Å². The van der Waals surface area contributed by atoms with E-state index in [1.165, 1.54) is 0 Å². The molecule has 92 valence electrons. The minimum Gasteiger partial charge on any atom is -0.497 e. The SMILES string of the molecule is CCN(CC(C)C)c1cc(OC)ccc1C#N. The summed E-state index contributed by atoms with van der Waals surface area (Å²) in [5.74, 6) is 1.36. The fraction of sp³-hybridized carbons (Fsp3) is 0.500. The Balaban J connectivity index is 3.11. The first kappa shape index (κ1) is 13.4. The Hall–Kier alpha value is -1.69. The number of anilines is 1. The maximum Gasteiger partial charge on any atom is 0.121 e. The maximum absolute atomic E-state index is 9.14. The normalized spacial score (nSPS) is 10.1. The van der Waals surface area contributed by atoms with Crippen molar-refractivity contribution in [2.75, 3.05) is 25.1 Å². The topological polar surface area (TPSA) is 36.3 Å². The van der Waals surface area contributed by atoms with E-state index in [2.05, 4.69) is 31.7 Å². The Morgan fingerprint density at radius 3 is 2.59 bits per heavy atom. The molecule has 0 N–H and O–H groups in total. The number of hydrogen-bond acceptors (Lipinski definition) is 3. The number of nitriles is 1. The van der Waals surface area contributed by atoms with Crippen LogP contribution in [0.1, 0.15) is 26.3 Å². The first-order valence-electron chi connectivity index (χ1n) is 5.95. The minimum atomic E-state index is 0.563. The highest BCUT2D eigenvalue weighted by Crippen LogP contribution is 2.26. The largest absolute Gasteiger partial charge is 0.497 e. The highest BCUT2D eigenvalue weighted by Gasteiger charge is 2.12. The molecule has 0 radical (unpaired) electrons. The summed E-state index contributed by atoms with van der Waals surface area (Å²) in [6.07, 6.45) is 0. The Bertz CT molecular complexity index is 407. The van der Waals surface area contributed by atoms with Crippen molar-refractivity contribution >= 4 is 5.69 Å². The lowest BCUT2D eigenvalue weighted by molar-refractivity contribution is 0.414. The second-order valence-corrected chi connectivity index (χ2v) is 4.43. The van der Waals surface area contributed by atoms with E-state index in [0.717, 1.165) is 24.5 Å². The molecule has 0 saturated carbocycles. The van der Waals surface area contributed by atoms with Crippen LogP contribution in [0.3, 0.4) is 0 Å². The lowest BCUT2D eigenvalue weighted by Gasteiger charge is -2.26. The molecular weight excluding hydrogens is 212 g/mol. The van der Waals surface area contributed by atoms with Crippen molar-refractivity contribution in [2.45, 2.75) is 20.8 Å². The van der Waals surface area contributed by atoms with E-state index >= 15 is 0 Å². The van der Waals surface area contributed by atoms with Crippen LogP contribution < -0.4 is 9.64 Å². The molecule has 0 fully saturated rings. The van der Waals surface area contributed by atoms with Crippen LogP contribution in [0.15, 0.2) is 18.2 Å². The zero-order valence-corrected chi connectivity index (χ0v) is 11.0. The summed E-state index contributed by atoms with van der Waals surface area (Å²) >= 11 is 0. The van der Waals surface area contributed by atoms with Crippen molar-refractivity contribution < 1.29 is 4.74 Å². The van der Waals surface area contributed by atoms with Gasteiger partial charge < -0.3 is 9.64 Å². The first-order valence-corrected chi connectivity index (χ1v) is 5.95. The van der Waals surface area contributed by atoms with Crippen LogP contribution in [0, 0.1) is 17.2 Å². The van der Waals surface area contributed by atoms with Crippen LogP contribution in [-0.2, 0) is 0 Å². The third kappa shape index (κ3) is 3.39. The fourth-order valence-corrected chi connectivity index (χ4v) is 1.83. The summed E-state index contributed by atoms with van der Waals surface area (Å²) in [5, 5.41) is 9.14. The average Bonchev–Trinajstić information content (AvgIpc) is 2.34. The number of benzene rings is 1. The van der Waals surface area contributed by atoms with Gasteiger partial charge in [0.25, 0.3) is 0 Å². The highest BCUT2D eigenvalue weighted by molar-refractivity contribution is 5.62. The Kier molecular flexibility index (Phi) is 4.84. The van der Waals surface area contributed by atoms with Gasteiger partial charge >= 0.3 is 0 Å². The first-order chi connectivity index (χ1) is 8.12. The van der Waals surface area contributed by atoms with Gasteiger partial charge in [0.1, 0.15) is 11.8 Å². The second-order valence-electron chi connectivity index (χ2n) is 4.43. The van der Waals surface area contributed by atoms with Gasteiger partial charge in [0.05, 0.1) is 18.4 Å². The molecule has 0 bridgehead atoms. The summed E-state index contributed by atoms with van der Waals surface area (Å²) in [5.41, 5.74) is 1.66. The van der Waals surface area contributed by atoms with Gasteiger partial charge in [-0.25, -0.2) is 0 Å². The molecule has 0 heterocycles. The van der Waals surface area contributed by atoms with Crippen LogP contribution in [-0.4, -0.2) is 20.2 Å². The van der Waals surface area contributed by atoms with Gasteiger partial charge in [0.2, 0.25) is 0 Å². The Morgan fingerprint density at radius 1 is 1.41 bits per heavy atom. The molecule has 3 heteroatoms. The summed E-state index contributed by atoms with van der Waals surface area (Å²) in [6, 6.07) is 7.81. The molecule has 3 nitrogen and oxygen atoms in total. The van der Waals surface area contributed by atoms with Crippen molar-refractivity contribution in [1.29, 1.82) is 5.26 Å². The Morgan fingerprint density at radius 2 is 2.12 bits per heavy atom. The maximum atomic E-state index is 9.14. The van der Waals surface area contributed by atoms with E-state index in [-0.39, 0.29) is 0 Å². The molecule has 0 amide bonds. The average molecular weight is 232 g/mol. The molecular formula is C14H20N2O. The third-order valence-electron chi connectivity index (χ3n) is 2.63. The molecule has 0 unspecified atom stereocenters. The minimum absolute atomic E-state index is 0.563. The lowest BCUT2D eigenvalue weighted by Crippen LogP contribution is -2.27. The van der Waals surface area contributed by atoms with Crippen molar-refractivity contribution in [3.05, 3.63) is 23.8 Å². The smallest absolute Gasteiger partial charge is 0.121 e. The molecule has 0 aliphatic heterocycles. The predicted octanol–water partition coefficient (Wildman–Crippen LogP) is 3.05. The molecule has 17 heavy (non-hydrogen) atoms. The quantitative estimate of drug-likeness (QED) is 0.783. The van der Waals surface area contributed by atoms with E-state index in [0.29, 0.717) is 11.5 Å². The van der Waals surface area contributed by atoms with Crippen LogP contribution in [0.25, 0.3) is 0 Å².